The fourth-order valence-corrected chi connectivity index (χ4v) is 2.86. The predicted molar refractivity (Wildman–Crippen MR) is 83.4 cm³/mol. The van der Waals surface area contributed by atoms with E-state index in [2.05, 4.69) is 20.3 Å². The zero-order valence-electron chi connectivity index (χ0n) is 13.0. The molecule has 3 N–H and O–H groups in total. The highest BCUT2D eigenvalue weighted by Gasteiger charge is 2.20. The molecule has 0 heterocycles. The molecular formula is C13H28N4O2S. The van der Waals surface area contributed by atoms with Gasteiger partial charge in [0.05, 0.1) is 5.75 Å². The number of guanidine groups is 1. The normalized spacial score (nSPS) is 17.7. The summed E-state index contributed by atoms with van der Waals surface area (Å²) in [5.41, 5.74) is -0.108. The SMILES string of the molecule is CN=C(NCCS(=O)(=O)NCC1CCC1)NC(C)(C)C. The molecule has 0 aromatic rings. The van der Waals surface area contributed by atoms with Crippen molar-refractivity contribution in [3.63, 3.8) is 0 Å². The first-order chi connectivity index (χ1) is 9.22. The van der Waals surface area contributed by atoms with E-state index in [0.29, 0.717) is 25.0 Å². The second kappa shape index (κ2) is 7.26. The molecule has 1 aliphatic carbocycles. The molecule has 6 nitrogen and oxygen atoms in total. The first-order valence-corrected chi connectivity index (χ1v) is 8.83. The van der Waals surface area contributed by atoms with Gasteiger partial charge in [0.1, 0.15) is 0 Å². The van der Waals surface area contributed by atoms with Crippen molar-refractivity contribution in [1.29, 1.82) is 0 Å². The van der Waals surface area contributed by atoms with Crippen LogP contribution in [0, 0.1) is 5.92 Å². The lowest BCUT2D eigenvalue weighted by Crippen LogP contribution is -2.49. The maximum Gasteiger partial charge on any atom is 0.213 e. The molecule has 0 aromatic carbocycles. The molecule has 0 saturated heterocycles. The summed E-state index contributed by atoms with van der Waals surface area (Å²) in [6.45, 7) is 7.00. The highest BCUT2D eigenvalue weighted by atomic mass is 32.2. The van der Waals surface area contributed by atoms with Gasteiger partial charge in [-0.25, -0.2) is 13.1 Å². The van der Waals surface area contributed by atoms with Crippen molar-refractivity contribution >= 4 is 16.0 Å². The zero-order valence-corrected chi connectivity index (χ0v) is 13.8. The van der Waals surface area contributed by atoms with Crippen LogP contribution in [0.5, 0.6) is 0 Å². The Morgan fingerprint density at radius 1 is 1.30 bits per heavy atom. The van der Waals surface area contributed by atoms with Gasteiger partial charge in [-0.1, -0.05) is 6.42 Å². The second-order valence-corrected chi connectivity index (χ2v) is 8.26. The average molecular weight is 304 g/mol. The quantitative estimate of drug-likeness (QED) is 0.497. The minimum Gasteiger partial charge on any atom is -0.355 e. The zero-order chi connectivity index (χ0) is 15.2. The van der Waals surface area contributed by atoms with E-state index in [0.717, 1.165) is 12.8 Å². The maximum atomic E-state index is 11.8. The first kappa shape index (κ1) is 17.2. The van der Waals surface area contributed by atoms with Gasteiger partial charge < -0.3 is 10.6 Å². The van der Waals surface area contributed by atoms with E-state index >= 15 is 0 Å². The Morgan fingerprint density at radius 2 is 1.95 bits per heavy atom. The fourth-order valence-electron chi connectivity index (χ4n) is 1.85. The smallest absolute Gasteiger partial charge is 0.213 e. The second-order valence-electron chi connectivity index (χ2n) is 6.34. The molecule has 0 amide bonds. The Kier molecular flexibility index (Phi) is 6.26. The molecular weight excluding hydrogens is 276 g/mol. The van der Waals surface area contributed by atoms with Crippen molar-refractivity contribution in [2.75, 3.05) is 25.9 Å². The molecule has 20 heavy (non-hydrogen) atoms. The molecule has 0 aliphatic heterocycles. The number of nitrogens with one attached hydrogen (secondary N) is 3. The summed E-state index contributed by atoms with van der Waals surface area (Å²) in [6.07, 6.45) is 3.51. The van der Waals surface area contributed by atoms with Crippen LogP contribution in [0.3, 0.4) is 0 Å². The van der Waals surface area contributed by atoms with Crippen LogP contribution in [-0.4, -0.2) is 45.8 Å². The Bertz CT molecular complexity index is 422. The van der Waals surface area contributed by atoms with E-state index in [4.69, 9.17) is 0 Å². The van der Waals surface area contributed by atoms with Crippen LogP contribution >= 0.6 is 0 Å². The Hall–Kier alpha value is -0.820. The van der Waals surface area contributed by atoms with E-state index in [1.54, 1.807) is 7.05 Å². The summed E-state index contributed by atoms with van der Waals surface area (Å²) < 4.78 is 26.3. The van der Waals surface area contributed by atoms with Crippen molar-refractivity contribution in [2.45, 2.75) is 45.6 Å². The van der Waals surface area contributed by atoms with Gasteiger partial charge in [-0.2, -0.15) is 0 Å². The summed E-state index contributed by atoms with van der Waals surface area (Å²) >= 11 is 0. The summed E-state index contributed by atoms with van der Waals surface area (Å²) in [6, 6.07) is 0. The highest BCUT2D eigenvalue weighted by Crippen LogP contribution is 2.25. The van der Waals surface area contributed by atoms with E-state index in [9.17, 15) is 8.42 Å². The molecule has 0 radical (unpaired) electrons. The molecule has 1 saturated carbocycles. The third-order valence-corrected chi connectivity index (χ3v) is 4.54. The van der Waals surface area contributed by atoms with E-state index < -0.39 is 10.0 Å². The van der Waals surface area contributed by atoms with Crippen molar-refractivity contribution in [3.8, 4) is 0 Å². The largest absolute Gasteiger partial charge is 0.355 e. The molecule has 0 aromatic heterocycles. The van der Waals surface area contributed by atoms with E-state index in [1.807, 2.05) is 20.8 Å². The molecule has 0 atom stereocenters. The number of hydrogen-bond acceptors (Lipinski definition) is 3. The van der Waals surface area contributed by atoms with Gasteiger partial charge in [-0.05, 0) is 39.5 Å². The third-order valence-electron chi connectivity index (χ3n) is 3.20. The lowest BCUT2D eigenvalue weighted by Gasteiger charge is -2.25. The molecule has 1 aliphatic rings. The lowest BCUT2D eigenvalue weighted by atomic mass is 9.86. The van der Waals surface area contributed by atoms with Crippen LogP contribution < -0.4 is 15.4 Å². The standard InChI is InChI=1S/C13H28N4O2S/c1-13(2,3)17-12(14-4)15-8-9-20(18,19)16-10-11-6-5-7-11/h11,16H,5-10H2,1-4H3,(H2,14,15,17). The van der Waals surface area contributed by atoms with Crippen molar-refractivity contribution < 1.29 is 8.42 Å². The number of sulfonamides is 1. The minimum atomic E-state index is -3.20. The van der Waals surface area contributed by atoms with E-state index in [1.165, 1.54) is 6.42 Å². The summed E-state index contributed by atoms with van der Waals surface area (Å²) in [4.78, 5) is 4.07. The number of hydrogen-bond donors (Lipinski definition) is 3. The molecule has 1 rings (SSSR count). The van der Waals surface area contributed by atoms with Crippen LogP contribution in [0.15, 0.2) is 4.99 Å². The molecule has 0 unspecified atom stereocenters. The molecule has 7 heteroatoms. The van der Waals surface area contributed by atoms with Crippen LogP contribution in [-0.2, 0) is 10.0 Å². The Morgan fingerprint density at radius 3 is 2.40 bits per heavy atom. The average Bonchev–Trinajstić information content (AvgIpc) is 2.23. The molecule has 1 fully saturated rings. The number of rotatable bonds is 6. The Labute approximate surface area is 122 Å². The summed E-state index contributed by atoms with van der Waals surface area (Å²) in [5, 5.41) is 6.20. The molecule has 0 bridgehead atoms. The third kappa shape index (κ3) is 7.09. The minimum absolute atomic E-state index is 0.0601. The van der Waals surface area contributed by atoms with Gasteiger partial charge in [0.15, 0.2) is 5.96 Å². The van der Waals surface area contributed by atoms with Crippen LogP contribution in [0.25, 0.3) is 0 Å². The maximum absolute atomic E-state index is 11.8. The lowest BCUT2D eigenvalue weighted by molar-refractivity contribution is 0.316. The van der Waals surface area contributed by atoms with Gasteiger partial charge in [-0.15, -0.1) is 0 Å². The van der Waals surface area contributed by atoms with Gasteiger partial charge in [0.2, 0.25) is 10.0 Å². The summed E-state index contributed by atoms with van der Waals surface area (Å²) in [7, 11) is -1.52. The van der Waals surface area contributed by atoms with Gasteiger partial charge in [0.25, 0.3) is 0 Å². The molecule has 118 valence electrons. The monoisotopic (exact) mass is 304 g/mol. The van der Waals surface area contributed by atoms with Crippen LogP contribution in [0.1, 0.15) is 40.0 Å². The van der Waals surface area contributed by atoms with Gasteiger partial charge in [0, 0.05) is 25.7 Å². The Balaban J connectivity index is 2.26. The fraction of sp³-hybridized carbons (Fsp3) is 0.923. The van der Waals surface area contributed by atoms with Crippen molar-refractivity contribution in [3.05, 3.63) is 0 Å². The number of nitrogens with zero attached hydrogens (tertiary/aromatic N) is 1. The first-order valence-electron chi connectivity index (χ1n) is 7.18. The van der Waals surface area contributed by atoms with Crippen LogP contribution in [0.2, 0.25) is 0 Å². The van der Waals surface area contributed by atoms with Crippen molar-refractivity contribution in [1.82, 2.24) is 15.4 Å². The summed E-state index contributed by atoms with van der Waals surface area (Å²) in [5.74, 6) is 1.21. The highest BCUT2D eigenvalue weighted by molar-refractivity contribution is 7.89. The van der Waals surface area contributed by atoms with E-state index in [-0.39, 0.29) is 11.3 Å². The number of aliphatic imine (C=N–C) groups is 1. The topological polar surface area (TPSA) is 82.6 Å². The van der Waals surface area contributed by atoms with Crippen LogP contribution in [0.4, 0.5) is 0 Å². The molecule has 0 spiro atoms. The van der Waals surface area contributed by atoms with Crippen molar-refractivity contribution in [2.24, 2.45) is 10.9 Å². The van der Waals surface area contributed by atoms with Gasteiger partial charge in [-0.3, -0.25) is 4.99 Å². The predicted octanol–water partition coefficient (Wildman–Crippen LogP) is 0.669. The van der Waals surface area contributed by atoms with Gasteiger partial charge >= 0.3 is 0 Å².